The Kier molecular flexibility index (Phi) is 4.44. The molecule has 0 aromatic heterocycles. The number of hydrogen-bond acceptors (Lipinski definition) is 4. The van der Waals surface area contributed by atoms with Crippen LogP contribution in [0.3, 0.4) is 0 Å². The van der Waals surface area contributed by atoms with Gasteiger partial charge in [-0.25, -0.2) is 0 Å². The summed E-state index contributed by atoms with van der Waals surface area (Å²) in [5, 5.41) is 0. The molecule has 0 saturated heterocycles. The van der Waals surface area contributed by atoms with Crippen LogP contribution in [0.4, 0.5) is 0 Å². The maximum Gasteiger partial charge on any atom is 0.182 e. The van der Waals surface area contributed by atoms with E-state index >= 15 is 0 Å². The van der Waals surface area contributed by atoms with Crippen molar-refractivity contribution >= 4 is 5.78 Å². The van der Waals surface area contributed by atoms with Crippen LogP contribution in [0.15, 0.2) is 36.7 Å². The Bertz CT molecular complexity index is 471. The van der Waals surface area contributed by atoms with E-state index in [2.05, 4.69) is 6.92 Å². The Morgan fingerprint density at radius 2 is 2.21 bits per heavy atom. The van der Waals surface area contributed by atoms with Crippen LogP contribution in [0.2, 0.25) is 0 Å². The van der Waals surface area contributed by atoms with Crippen molar-refractivity contribution in [3.63, 3.8) is 0 Å². The summed E-state index contributed by atoms with van der Waals surface area (Å²) >= 11 is 0. The Morgan fingerprint density at radius 1 is 1.37 bits per heavy atom. The van der Waals surface area contributed by atoms with Crippen molar-refractivity contribution < 1.29 is 9.53 Å². The molecule has 0 unspecified atom stereocenters. The SMILES string of the molecule is CCCOc1cccc(C(=O)CN2C=CN(C)C2)c1. The molecule has 1 aromatic rings. The third-order valence-electron chi connectivity index (χ3n) is 2.91. The number of carbonyl (C=O) groups is 1. The van der Waals surface area contributed by atoms with Crippen LogP contribution in [0.1, 0.15) is 23.7 Å². The zero-order chi connectivity index (χ0) is 13.7. The molecular weight excluding hydrogens is 240 g/mol. The van der Waals surface area contributed by atoms with Crippen LogP contribution in [-0.2, 0) is 0 Å². The second-order valence-corrected chi connectivity index (χ2v) is 4.74. The fourth-order valence-electron chi connectivity index (χ4n) is 1.95. The molecule has 0 N–H and O–H groups in total. The molecule has 102 valence electrons. The smallest absolute Gasteiger partial charge is 0.182 e. The molecule has 0 radical (unpaired) electrons. The second kappa shape index (κ2) is 6.27. The summed E-state index contributed by atoms with van der Waals surface area (Å²) in [6.45, 7) is 3.90. The topological polar surface area (TPSA) is 32.8 Å². The third kappa shape index (κ3) is 3.74. The number of Topliss-reactive ketones (excluding diaryl/α,β-unsaturated/α-hetero) is 1. The molecule has 1 heterocycles. The highest BCUT2D eigenvalue weighted by Crippen LogP contribution is 2.15. The van der Waals surface area contributed by atoms with Gasteiger partial charge in [-0.15, -0.1) is 0 Å². The van der Waals surface area contributed by atoms with Gasteiger partial charge in [0, 0.05) is 25.0 Å². The minimum Gasteiger partial charge on any atom is -0.494 e. The van der Waals surface area contributed by atoms with Crippen molar-refractivity contribution in [2.24, 2.45) is 0 Å². The van der Waals surface area contributed by atoms with E-state index in [1.165, 1.54) is 0 Å². The van der Waals surface area contributed by atoms with Crippen LogP contribution in [0, 0.1) is 0 Å². The molecular formula is C15H20N2O2. The number of hydrogen-bond donors (Lipinski definition) is 0. The van der Waals surface area contributed by atoms with Crippen molar-refractivity contribution in [2.75, 3.05) is 26.9 Å². The average molecular weight is 260 g/mol. The number of nitrogens with zero attached hydrogens (tertiary/aromatic N) is 2. The molecule has 0 fully saturated rings. The van der Waals surface area contributed by atoms with Crippen molar-refractivity contribution in [3.05, 3.63) is 42.2 Å². The van der Waals surface area contributed by atoms with Gasteiger partial charge < -0.3 is 14.5 Å². The average Bonchev–Trinajstić information content (AvgIpc) is 2.82. The maximum absolute atomic E-state index is 12.2. The first-order valence-corrected chi connectivity index (χ1v) is 6.57. The van der Waals surface area contributed by atoms with Crippen molar-refractivity contribution in [2.45, 2.75) is 13.3 Å². The van der Waals surface area contributed by atoms with E-state index in [0.717, 1.165) is 18.8 Å². The number of rotatable bonds is 6. The summed E-state index contributed by atoms with van der Waals surface area (Å²) in [6, 6.07) is 7.41. The van der Waals surface area contributed by atoms with Gasteiger partial charge in [-0.3, -0.25) is 4.79 Å². The summed E-state index contributed by atoms with van der Waals surface area (Å²) in [5.41, 5.74) is 0.705. The molecule has 19 heavy (non-hydrogen) atoms. The standard InChI is InChI=1S/C15H20N2O2/c1-3-9-19-14-6-4-5-13(10-14)15(18)11-17-8-7-16(2)12-17/h4-8,10H,3,9,11-12H2,1-2H3. The largest absolute Gasteiger partial charge is 0.494 e. The van der Waals surface area contributed by atoms with E-state index < -0.39 is 0 Å². The Balaban J connectivity index is 1.96. The number of ether oxygens (including phenoxy) is 1. The maximum atomic E-state index is 12.2. The van der Waals surface area contributed by atoms with Gasteiger partial charge in [-0.2, -0.15) is 0 Å². The number of carbonyl (C=O) groups excluding carboxylic acids is 1. The van der Waals surface area contributed by atoms with Gasteiger partial charge in [0.2, 0.25) is 0 Å². The van der Waals surface area contributed by atoms with Gasteiger partial charge in [0.25, 0.3) is 0 Å². The molecule has 4 nitrogen and oxygen atoms in total. The molecule has 4 heteroatoms. The van der Waals surface area contributed by atoms with Gasteiger partial charge in [-0.05, 0) is 18.6 Å². The van der Waals surface area contributed by atoms with Crippen LogP contribution in [0.25, 0.3) is 0 Å². The third-order valence-corrected chi connectivity index (χ3v) is 2.91. The summed E-state index contributed by atoms with van der Waals surface area (Å²) < 4.78 is 5.54. The van der Waals surface area contributed by atoms with Gasteiger partial charge >= 0.3 is 0 Å². The van der Waals surface area contributed by atoms with E-state index in [1.807, 2.05) is 53.5 Å². The van der Waals surface area contributed by atoms with E-state index in [-0.39, 0.29) is 5.78 Å². The summed E-state index contributed by atoms with van der Waals surface area (Å²) in [6.07, 6.45) is 4.87. The lowest BCUT2D eigenvalue weighted by molar-refractivity contribution is 0.0948. The summed E-state index contributed by atoms with van der Waals surface area (Å²) in [4.78, 5) is 16.2. The van der Waals surface area contributed by atoms with Gasteiger partial charge in [0.1, 0.15) is 5.75 Å². The fourth-order valence-corrected chi connectivity index (χ4v) is 1.95. The Morgan fingerprint density at radius 3 is 2.89 bits per heavy atom. The van der Waals surface area contributed by atoms with Gasteiger partial charge in [-0.1, -0.05) is 19.1 Å². The molecule has 0 saturated carbocycles. The first-order valence-electron chi connectivity index (χ1n) is 6.57. The zero-order valence-electron chi connectivity index (χ0n) is 11.5. The van der Waals surface area contributed by atoms with E-state index in [4.69, 9.17) is 4.74 Å². The highest BCUT2D eigenvalue weighted by atomic mass is 16.5. The predicted octanol–water partition coefficient (Wildman–Crippen LogP) is 2.33. The molecule has 1 aromatic carbocycles. The van der Waals surface area contributed by atoms with E-state index in [9.17, 15) is 4.79 Å². The zero-order valence-corrected chi connectivity index (χ0v) is 11.5. The number of ketones is 1. The minimum absolute atomic E-state index is 0.113. The van der Waals surface area contributed by atoms with Crippen molar-refractivity contribution in [1.29, 1.82) is 0 Å². The van der Waals surface area contributed by atoms with E-state index in [0.29, 0.717) is 18.7 Å². The van der Waals surface area contributed by atoms with Gasteiger partial charge in [0.05, 0.1) is 19.8 Å². The number of benzene rings is 1. The normalized spacial score (nSPS) is 14.0. The van der Waals surface area contributed by atoms with Crippen molar-refractivity contribution in [3.8, 4) is 5.75 Å². The minimum atomic E-state index is 0.113. The lowest BCUT2D eigenvalue weighted by atomic mass is 10.1. The fraction of sp³-hybridized carbons (Fsp3) is 0.400. The molecule has 2 rings (SSSR count). The molecule has 0 spiro atoms. The van der Waals surface area contributed by atoms with Crippen LogP contribution in [0.5, 0.6) is 5.75 Å². The Hall–Kier alpha value is -1.97. The van der Waals surface area contributed by atoms with E-state index in [1.54, 1.807) is 0 Å². The molecule has 0 amide bonds. The van der Waals surface area contributed by atoms with Gasteiger partial charge in [0.15, 0.2) is 5.78 Å². The summed E-state index contributed by atoms with van der Waals surface area (Å²) in [7, 11) is 1.99. The monoisotopic (exact) mass is 260 g/mol. The quantitative estimate of drug-likeness (QED) is 0.735. The lowest BCUT2D eigenvalue weighted by Gasteiger charge is -2.17. The first kappa shape index (κ1) is 13.5. The van der Waals surface area contributed by atoms with Crippen LogP contribution < -0.4 is 4.74 Å². The Labute approximate surface area is 114 Å². The molecule has 0 bridgehead atoms. The molecule has 0 atom stereocenters. The van der Waals surface area contributed by atoms with Crippen LogP contribution in [-0.4, -0.2) is 42.5 Å². The highest BCUT2D eigenvalue weighted by Gasteiger charge is 2.14. The molecule has 1 aliphatic heterocycles. The highest BCUT2D eigenvalue weighted by molar-refractivity contribution is 5.98. The first-order chi connectivity index (χ1) is 9.19. The molecule has 0 aliphatic carbocycles. The second-order valence-electron chi connectivity index (χ2n) is 4.74. The van der Waals surface area contributed by atoms with Crippen LogP contribution >= 0.6 is 0 Å². The molecule has 1 aliphatic rings. The van der Waals surface area contributed by atoms with Crippen molar-refractivity contribution in [1.82, 2.24) is 9.80 Å². The predicted molar refractivity (Wildman–Crippen MR) is 75.0 cm³/mol. The lowest BCUT2D eigenvalue weighted by Crippen LogP contribution is -2.28. The summed E-state index contributed by atoms with van der Waals surface area (Å²) in [5.74, 6) is 0.878.